The fraction of sp³-hybridized carbons (Fsp3) is 0. The Labute approximate surface area is 119 Å². The number of nitrogens with one attached hydrogen (secondary N) is 1. The van der Waals surface area contributed by atoms with Gasteiger partial charge in [-0.05, 0) is 24.3 Å². The zero-order chi connectivity index (χ0) is 14.3. The summed E-state index contributed by atoms with van der Waals surface area (Å²) in [4.78, 5) is 15.4. The molecule has 0 radical (unpaired) electrons. The monoisotopic (exact) mass is 288 g/mol. The van der Waals surface area contributed by atoms with E-state index in [9.17, 15) is 9.18 Å². The molecule has 0 saturated heterocycles. The third-order valence-electron chi connectivity index (χ3n) is 3.17. The molecule has 0 bridgehead atoms. The lowest BCUT2D eigenvalue weighted by Gasteiger charge is -2.06. The second-order valence-corrected chi connectivity index (χ2v) is 4.81. The summed E-state index contributed by atoms with van der Waals surface area (Å²) in [5, 5.41) is 0.498. The average Bonchev–Trinajstić information content (AvgIpc) is 2.83. The van der Waals surface area contributed by atoms with E-state index in [1.54, 1.807) is 30.3 Å². The SMILES string of the molecule is Nc1cccc(Cl)c1C(=O)c1c[nH]c2cccc(F)c12. The van der Waals surface area contributed by atoms with Crippen molar-refractivity contribution in [1.82, 2.24) is 4.98 Å². The molecule has 0 aliphatic rings. The molecule has 0 aliphatic heterocycles. The van der Waals surface area contributed by atoms with Crippen LogP contribution < -0.4 is 5.73 Å². The zero-order valence-corrected chi connectivity index (χ0v) is 11.0. The number of fused-ring (bicyclic) bond motifs is 1. The average molecular weight is 289 g/mol. The molecule has 0 unspecified atom stereocenters. The summed E-state index contributed by atoms with van der Waals surface area (Å²) in [7, 11) is 0. The minimum Gasteiger partial charge on any atom is -0.398 e. The van der Waals surface area contributed by atoms with Crippen LogP contribution >= 0.6 is 11.6 Å². The predicted molar refractivity (Wildman–Crippen MR) is 77.6 cm³/mol. The quantitative estimate of drug-likeness (QED) is 0.557. The number of nitrogens with two attached hydrogens (primary N) is 1. The van der Waals surface area contributed by atoms with Gasteiger partial charge < -0.3 is 10.7 Å². The van der Waals surface area contributed by atoms with Crippen molar-refractivity contribution in [3.63, 3.8) is 0 Å². The van der Waals surface area contributed by atoms with Crippen molar-refractivity contribution in [2.24, 2.45) is 0 Å². The number of nitrogen functional groups attached to an aromatic ring is 1. The van der Waals surface area contributed by atoms with Gasteiger partial charge in [0.05, 0.1) is 16.1 Å². The molecule has 0 aliphatic carbocycles. The van der Waals surface area contributed by atoms with Gasteiger partial charge in [0, 0.05) is 22.8 Å². The third kappa shape index (κ3) is 1.85. The zero-order valence-electron chi connectivity index (χ0n) is 10.3. The molecule has 0 saturated carbocycles. The fourth-order valence-corrected chi connectivity index (χ4v) is 2.50. The number of benzene rings is 2. The van der Waals surface area contributed by atoms with Crippen LogP contribution in [0.3, 0.4) is 0 Å². The number of rotatable bonds is 2. The number of carbonyl (C=O) groups is 1. The molecular weight excluding hydrogens is 279 g/mol. The minimum absolute atomic E-state index is 0.193. The summed E-state index contributed by atoms with van der Waals surface area (Å²) in [6.07, 6.45) is 1.47. The number of aromatic nitrogens is 1. The van der Waals surface area contributed by atoms with Crippen LogP contribution in [0.15, 0.2) is 42.6 Å². The van der Waals surface area contributed by atoms with Crippen LogP contribution in [0, 0.1) is 5.82 Å². The minimum atomic E-state index is -0.460. The predicted octanol–water partition coefficient (Wildman–Crippen LogP) is 3.77. The van der Waals surface area contributed by atoms with Crippen LogP contribution in [0.5, 0.6) is 0 Å². The van der Waals surface area contributed by atoms with Crippen LogP contribution in [0.4, 0.5) is 10.1 Å². The molecular formula is C15H10ClFN2O. The first-order valence-corrected chi connectivity index (χ1v) is 6.31. The van der Waals surface area contributed by atoms with E-state index in [1.807, 2.05) is 0 Å². The molecule has 100 valence electrons. The maximum atomic E-state index is 13.9. The van der Waals surface area contributed by atoms with Gasteiger partial charge in [-0.15, -0.1) is 0 Å². The van der Waals surface area contributed by atoms with Gasteiger partial charge in [0.1, 0.15) is 5.82 Å². The Kier molecular flexibility index (Phi) is 2.95. The van der Waals surface area contributed by atoms with Crippen molar-refractivity contribution < 1.29 is 9.18 Å². The highest BCUT2D eigenvalue weighted by molar-refractivity contribution is 6.36. The van der Waals surface area contributed by atoms with E-state index in [1.165, 1.54) is 12.3 Å². The molecule has 0 spiro atoms. The van der Waals surface area contributed by atoms with Gasteiger partial charge in [0.25, 0.3) is 0 Å². The van der Waals surface area contributed by atoms with Crippen LogP contribution in [0.1, 0.15) is 15.9 Å². The molecule has 3 aromatic rings. The lowest BCUT2D eigenvalue weighted by Crippen LogP contribution is -2.06. The van der Waals surface area contributed by atoms with Gasteiger partial charge >= 0.3 is 0 Å². The van der Waals surface area contributed by atoms with E-state index in [0.29, 0.717) is 5.52 Å². The van der Waals surface area contributed by atoms with Crippen molar-refractivity contribution in [3.05, 3.63) is 64.6 Å². The van der Waals surface area contributed by atoms with Crippen LogP contribution in [0.2, 0.25) is 5.02 Å². The maximum absolute atomic E-state index is 13.9. The number of aromatic amines is 1. The molecule has 3 nitrogen and oxygen atoms in total. The third-order valence-corrected chi connectivity index (χ3v) is 3.49. The van der Waals surface area contributed by atoms with E-state index >= 15 is 0 Å². The first kappa shape index (κ1) is 12.7. The number of halogens is 2. The van der Waals surface area contributed by atoms with Gasteiger partial charge in [-0.1, -0.05) is 23.7 Å². The topological polar surface area (TPSA) is 58.9 Å². The molecule has 3 rings (SSSR count). The van der Waals surface area contributed by atoms with E-state index in [2.05, 4.69) is 4.98 Å². The summed E-state index contributed by atoms with van der Waals surface area (Å²) in [5.74, 6) is -0.859. The van der Waals surface area contributed by atoms with Gasteiger partial charge in [-0.2, -0.15) is 0 Å². The van der Waals surface area contributed by atoms with Crippen LogP contribution in [-0.4, -0.2) is 10.8 Å². The molecule has 20 heavy (non-hydrogen) atoms. The highest BCUT2D eigenvalue weighted by atomic mass is 35.5. The summed E-state index contributed by atoms with van der Waals surface area (Å²) in [5.41, 5.74) is 7.04. The molecule has 5 heteroatoms. The summed E-state index contributed by atoms with van der Waals surface area (Å²) in [6.45, 7) is 0. The van der Waals surface area contributed by atoms with Crippen molar-refractivity contribution in [2.45, 2.75) is 0 Å². The number of H-pyrrole nitrogens is 1. The number of carbonyl (C=O) groups excluding carboxylic acids is 1. The largest absolute Gasteiger partial charge is 0.398 e. The highest BCUT2D eigenvalue weighted by Gasteiger charge is 2.20. The fourth-order valence-electron chi connectivity index (χ4n) is 2.23. The molecule has 0 fully saturated rings. The van der Waals surface area contributed by atoms with E-state index in [4.69, 9.17) is 17.3 Å². The van der Waals surface area contributed by atoms with Crippen LogP contribution in [-0.2, 0) is 0 Å². The molecule has 2 aromatic carbocycles. The first-order valence-electron chi connectivity index (χ1n) is 5.94. The van der Waals surface area contributed by atoms with Crippen molar-refractivity contribution in [2.75, 3.05) is 5.73 Å². The summed E-state index contributed by atoms with van der Waals surface area (Å²) < 4.78 is 13.9. The van der Waals surface area contributed by atoms with E-state index in [-0.39, 0.29) is 27.2 Å². The van der Waals surface area contributed by atoms with Gasteiger partial charge in [-0.25, -0.2) is 4.39 Å². The molecule has 0 atom stereocenters. The van der Waals surface area contributed by atoms with Crippen molar-refractivity contribution in [3.8, 4) is 0 Å². The first-order chi connectivity index (χ1) is 9.59. The number of anilines is 1. The molecule has 0 amide bonds. The highest BCUT2D eigenvalue weighted by Crippen LogP contribution is 2.29. The Morgan fingerprint density at radius 3 is 2.70 bits per heavy atom. The van der Waals surface area contributed by atoms with E-state index in [0.717, 1.165) is 0 Å². The Bertz CT molecular complexity index is 806. The Balaban J connectivity index is 2.24. The Hall–Kier alpha value is -2.33. The molecule has 1 heterocycles. The number of ketones is 1. The second kappa shape index (κ2) is 4.65. The Morgan fingerprint density at radius 1 is 1.20 bits per heavy atom. The second-order valence-electron chi connectivity index (χ2n) is 4.40. The lowest BCUT2D eigenvalue weighted by atomic mass is 10.0. The Morgan fingerprint density at radius 2 is 1.95 bits per heavy atom. The molecule has 1 aromatic heterocycles. The number of hydrogen-bond donors (Lipinski definition) is 2. The van der Waals surface area contributed by atoms with Gasteiger partial charge in [0.15, 0.2) is 5.78 Å². The van der Waals surface area contributed by atoms with Crippen molar-refractivity contribution in [1.29, 1.82) is 0 Å². The maximum Gasteiger partial charge on any atom is 0.198 e. The van der Waals surface area contributed by atoms with Gasteiger partial charge in [-0.3, -0.25) is 4.79 Å². The lowest BCUT2D eigenvalue weighted by molar-refractivity contribution is 0.104. The van der Waals surface area contributed by atoms with E-state index < -0.39 is 11.6 Å². The summed E-state index contributed by atoms with van der Waals surface area (Å²) in [6, 6.07) is 9.41. The van der Waals surface area contributed by atoms with Crippen molar-refractivity contribution >= 4 is 34.0 Å². The number of hydrogen-bond acceptors (Lipinski definition) is 2. The molecule has 3 N–H and O–H groups in total. The smallest absolute Gasteiger partial charge is 0.198 e. The standard InChI is InChI=1S/C15H10ClFN2O/c16-9-3-1-5-11(18)14(9)15(20)8-7-19-12-6-2-4-10(17)13(8)12/h1-7,19H,18H2. The van der Waals surface area contributed by atoms with Crippen LogP contribution in [0.25, 0.3) is 10.9 Å². The van der Waals surface area contributed by atoms with Gasteiger partial charge in [0.2, 0.25) is 0 Å². The summed E-state index contributed by atoms with van der Waals surface area (Å²) >= 11 is 6.03. The normalized spacial score (nSPS) is 10.9.